The van der Waals surface area contributed by atoms with Gasteiger partial charge in [0.2, 0.25) is 0 Å². The smallest absolute Gasteiger partial charge is 0.140 e. The summed E-state index contributed by atoms with van der Waals surface area (Å²) >= 11 is 0. The van der Waals surface area contributed by atoms with Crippen molar-refractivity contribution in [3.8, 4) is 5.75 Å². The summed E-state index contributed by atoms with van der Waals surface area (Å²) in [5.41, 5.74) is 2.20. The number of fused-ring (bicyclic) bond motifs is 1. The second-order valence-corrected chi connectivity index (χ2v) is 5.90. The summed E-state index contributed by atoms with van der Waals surface area (Å²) < 4.78 is 7.35. The average Bonchev–Trinajstić information content (AvgIpc) is 2.90. The number of piperidine rings is 1. The topological polar surface area (TPSA) is 29.8 Å². The lowest BCUT2D eigenvalue weighted by atomic mass is 9.93. The molecule has 1 fully saturated rings. The van der Waals surface area contributed by atoms with Crippen molar-refractivity contribution >= 4 is 5.65 Å². The van der Waals surface area contributed by atoms with Gasteiger partial charge < -0.3 is 14.0 Å². The van der Waals surface area contributed by atoms with E-state index in [0.717, 1.165) is 11.4 Å². The molecule has 1 aliphatic rings. The van der Waals surface area contributed by atoms with E-state index in [1.165, 1.54) is 31.6 Å². The van der Waals surface area contributed by atoms with Crippen molar-refractivity contribution in [2.24, 2.45) is 0 Å². The van der Waals surface area contributed by atoms with Crippen LogP contribution in [0, 0.1) is 0 Å². The molecule has 0 radical (unpaired) electrons. The fourth-order valence-corrected chi connectivity index (χ4v) is 3.02. The number of hydrogen-bond acceptors (Lipinski definition) is 3. The number of pyridine rings is 1. The van der Waals surface area contributed by atoms with Gasteiger partial charge in [-0.3, -0.25) is 0 Å². The summed E-state index contributed by atoms with van der Waals surface area (Å²) in [6, 6.07) is 4.62. The molecule has 0 saturated carbocycles. The first-order chi connectivity index (χ1) is 9.67. The molecule has 4 heteroatoms. The third kappa shape index (κ3) is 2.52. The van der Waals surface area contributed by atoms with Crippen LogP contribution in [-0.4, -0.2) is 40.5 Å². The van der Waals surface area contributed by atoms with Crippen LogP contribution in [0.15, 0.2) is 24.5 Å². The van der Waals surface area contributed by atoms with Gasteiger partial charge in [-0.2, -0.15) is 0 Å². The Morgan fingerprint density at radius 2 is 2.05 bits per heavy atom. The molecule has 2 aromatic heterocycles. The van der Waals surface area contributed by atoms with Crippen LogP contribution in [-0.2, 0) is 0 Å². The Hall–Kier alpha value is -1.55. The Morgan fingerprint density at radius 3 is 2.70 bits per heavy atom. The molecule has 0 spiro atoms. The summed E-state index contributed by atoms with van der Waals surface area (Å²) in [7, 11) is 1.69. The van der Waals surface area contributed by atoms with Crippen molar-refractivity contribution in [1.82, 2.24) is 14.3 Å². The number of ether oxygens (including phenoxy) is 1. The number of imidazole rings is 1. The normalized spacial score (nSPS) is 18.0. The number of rotatable bonds is 3. The maximum Gasteiger partial charge on any atom is 0.140 e. The largest absolute Gasteiger partial charge is 0.497 e. The Bertz CT molecular complexity index is 582. The Labute approximate surface area is 120 Å². The predicted octanol–water partition coefficient (Wildman–Crippen LogP) is 2.93. The Morgan fingerprint density at radius 1 is 1.30 bits per heavy atom. The zero-order valence-electron chi connectivity index (χ0n) is 12.5. The molecule has 108 valence electrons. The molecule has 0 N–H and O–H groups in total. The lowest BCUT2D eigenvalue weighted by molar-refractivity contribution is 0.171. The summed E-state index contributed by atoms with van der Waals surface area (Å²) in [6.45, 7) is 6.91. The minimum absolute atomic E-state index is 0.593. The van der Waals surface area contributed by atoms with Crippen molar-refractivity contribution in [2.75, 3.05) is 20.2 Å². The zero-order valence-corrected chi connectivity index (χ0v) is 12.5. The lowest BCUT2D eigenvalue weighted by Gasteiger charge is -2.33. The van der Waals surface area contributed by atoms with Crippen LogP contribution < -0.4 is 4.74 Å². The Balaban J connectivity index is 1.78. The highest BCUT2D eigenvalue weighted by molar-refractivity contribution is 5.46. The fraction of sp³-hybridized carbons (Fsp3) is 0.562. The van der Waals surface area contributed by atoms with Crippen LogP contribution in [0.4, 0.5) is 0 Å². The van der Waals surface area contributed by atoms with Crippen molar-refractivity contribution in [3.05, 3.63) is 30.2 Å². The van der Waals surface area contributed by atoms with E-state index in [9.17, 15) is 0 Å². The molecule has 0 aliphatic carbocycles. The number of nitrogens with zero attached hydrogens (tertiary/aromatic N) is 3. The molecule has 1 saturated heterocycles. The van der Waals surface area contributed by atoms with Gasteiger partial charge in [-0.05, 0) is 45.8 Å². The third-order valence-electron chi connectivity index (χ3n) is 4.36. The predicted molar refractivity (Wildman–Crippen MR) is 80.4 cm³/mol. The second-order valence-electron chi connectivity index (χ2n) is 5.90. The number of methoxy groups -OCH3 is 1. The van der Waals surface area contributed by atoms with Gasteiger partial charge in [0.05, 0.1) is 12.8 Å². The van der Waals surface area contributed by atoms with E-state index in [4.69, 9.17) is 9.72 Å². The molecular formula is C16H23N3O. The molecule has 4 nitrogen and oxygen atoms in total. The highest BCUT2D eigenvalue weighted by atomic mass is 16.5. The first-order valence-electron chi connectivity index (χ1n) is 7.44. The van der Waals surface area contributed by atoms with Gasteiger partial charge in [0.1, 0.15) is 11.4 Å². The first-order valence-corrected chi connectivity index (χ1v) is 7.44. The van der Waals surface area contributed by atoms with Crippen molar-refractivity contribution in [3.63, 3.8) is 0 Å². The lowest BCUT2D eigenvalue weighted by Crippen LogP contribution is -2.37. The van der Waals surface area contributed by atoms with Crippen molar-refractivity contribution in [2.45, 2.75) is 38.6 Å². The molecule has 3 heterocycles. The first kappa shape index (κ1) is 13.4. The van der Waals surface area contributed by atoms with Gasteiger partial charge in [-0.15, -0.1) is 0 Å². The van der Waals surface area contributed by atoms with Crippen LogP contribution in [0.25, 0.3) is 5.65 Å². The molecule has 20 heavy (non-hydrogen) atoms. The molecular weight excluding hydrogens is 250 g/mol. The third-order valence-corrected chi connectivity index (χ3v) is 4.36. The van der Waals surface area contributed by atoms with Crippen molar-refractivity contribution in [1.29, 1.82) is 0 Å². The summed E-state index contributed by atoms with van der Waals surface area (Å²) in [5.74, 6) is 1.46. The van der Waals surface area contributed by atoms with Crippen molar-refractivity contribution < 1.29 is 4.74 Å². The molecule has 1 aliphatic heterocycles. The van der Waals surface area contributed by atoms with E-state index in [0.29, 0.717) is 12.0 Å². The van der Waals surface area contributed by atoms with Gasteiger partial charge in [0, 0.05) is 30.4 Å². The summed E-state index contributed by atoms with van der Waals surface area (Å²) in [5, 5.41) is 0. The summed E-state index contributed by atoms with van der Waals surface area (Å²) in [6.07, 6.45) is 6.61. The second kappa shape index (κ2) is 5.44. The minimum Gasteiger partial charge on any atom is -0.497 e. The Kier molecular flexibility index (Phi) is 3.66. The monoisotopic (exact) mass is 273 g/mol. The molecule has 0 unspecified atom stereocenters. The summed E-state index contributed by atoms with van der Waals surface area (Å²) in [4.78, 5) is 7.33. The number of likely N-dealkylation sites (tertiary alicyclic amines) is 1. The average molecular weight is 273 g/mol. The molecule has 0 aromatic carbocycles. The van der Waals surface area contributed by atoms with Gasteiger partial charge >= 0.3 is 0 Å². The highest BCUT2D eigenvalue weighted by Gasteiger charge is 2.23. The molecule has 0 amide bonds. The molecule has 0 bridgehead atoms. The molecule has 2 aromatic rings. The SMILES string of the molecule is COc1ccn2cc(C3CCN(C(C)C)CC3)nc2c1. The standard InChI is InChI=1S/C16H23N3O/c1-12(2)18-7-4-13(5-8-18)15-11-19-9-6-14(20-3)10-16(19)17-15/h6,9-13H,4-5,7-8H2,1-3H3. The van der Waals surface area contributed by atoms with Crippen LogP contribution in [0.5, 0.6) is 5.75 Å². The van der Waals surface area contributed by atoms with E-state index in [-0.39, 0.29) is 0 Å². The number of aromatic nitrogens is 2. The number of hydrogen-bond donors (Lipinski definition) is 0. The van der Waals surface area contributed by atoms with E-state index in [1.54, 1.807) is 7.11 Å². The van der Waals surface area contributed by atoms with E-state index in [2.05, 4.69) is 29.3 Å². The van der Waals surface area contributed by atoms with E-state index >= 15 is 0 Å². The zero-order chi connectivity index (χ0) is 14.1. The minimum atomic E-state index is 0.593. The fourth-order valence-electron chi connectivity index (χ4n) is 3.02. The molecule has 3 rings (SSSR count). The van der Waals surface area contributed by atoms with Gasteiger partial charge in [-0.25, -0.2) is 4.98 Å². The highest BCUT2D eigenvalue weighted by Crippen LogP contribution is 2.28. The van der Waals surface area contributed by atoms with Crippen LogP contribution in [0.1, 0.15) is 38.3 Å². The maximum atomic E-state index is 5.26. The van der Waals surface area contributed by atoms with E-state index < -0.39 is 0 Å². The van der Waals surface area contributed by atoms with E-state index in [1.807, 2.05) is 18.3 Å². The van der Waals surface area contributed by atoms with Gasteiger partial charge in [0.25, 0.3) is 0 Å². The van der Waals surface area contributed by atoms with Gasteiger partial charge in [-0.1, -0.05) is 0 Å². The van der Waals surface area contributed by atoms with Crippen LogP contribution >= 0.6 is 0 Å². The molecule has 0 atom stereocenters. The van der Waals surface area contributed by atoms with Gasteiger partial charge in [0.15, 0.2) is 0 Å². The quantitative estimate of drug-likeness (QED) is 0.861. The van der Waals surface area contributed by atoms with Crippen LogP contribution in [0.2, 0.25) is 0 Å². The van der Waals surface area contributed by atoms with Crippen LogP contribution in [0.3, 0.4) is 0 Å². The maximum absolute atomic E-state index is 5.26.